The molecule has 1 aromatic rings. The van der Waals surface area contributed by atoms with Crippen LogP contribution in [0.1, 0.15) is 44.8 Å². The van der Waals surface area contributed by atoms with Gasteiger partial charge in [0.2, 0.25) is 0 Å². The van der Waals surface area contributed by atoms with Gasteiger partial charge in [0.1, 0.15) is 10.6 Å². The number of rotatable bonds is 5. The van der Waals surface area contributed by atoms with Crippen molar-refractivity contribution < 1.29 is 24.6 Å². The van der Waals surface area contributed by atoms with Gasteiger partial charge in [0.05, 0.1) is 22.6 Å². The summed E-state index contributed by atoms with van der Waals surface area (Å²) < 4.78 is 11.4. The molecule has 22 heavy (non-hydrogen) atoms. The lowest BCUT2D eigenvalue weighted by Crippen LogP contribution is -2.53. The fourth-order valence-corrected chi connectivity index (χ4v) is 3.12. The number of hydrogen-bond acceptors (Lipinski definition) is 7. The molecule has 1 aromatic heterocycles. The second-order valence-electron chi connectivity index (χ2n) is 6.84. The molecular formula is C14H24BNO5S. The van der Waals surface area contributed by atoms with E-state index in [1.165, 1.54) is 11.3 Å². The molecule has 6 nitrogen and oxygen atoms in total. The van der Waals surface area contributed by atoms with Crippen LogP contribution in [-0.2, 0) is 15.0 Å². The van der Waals surface area contributed by atoms with Crippen LogP contribution in [0.3, 0.4) is 0 Å². The molecule has 0 radical (unpaired) electrons. The minimum absolute atomic E-state index is 0.214. The van der Waals surface area contributed by atoms with Gasteiger partial charge < -0.3 is 24.6 Å². The molecule has 0 spiro atoms. The Morgan fingerprint density at radius 2 is 2.00 bits per heavy atom. The maximum atomic E-state index is 10.5. The number of nitrogens with zero attached hydrogens (tertiary/aromatic N) is 1. The minimum Gasteiger partial charge on any atom is -0.422 e. The fraction of sp³-hybridized carbons (Fsp3) is 0.786. The van der Waals surface area contributed by atoms with Crippen LogP contribution >= 0.6 is 11.3 Å². The first kappa shape index (κ1) is 17.8. The molecule has 2 rings (SSSR count). The van der Waals surface area contributed by atoms with Crippen LogP contribution in [0, 0.1) is 6.92 Å². The molecule has 1 unspecified atom stereocenters. The lowest BCUT2D eigenvalue weighted by atomic mass is 9.81. The first-order valence-electron chi connectivity index (χ1n) is 7.32. The number of aryl methyl sites for hydroxylation is 1. The summed E-state index contributed by atoms with van der Waals surface area (Å²) in [6.45, 7) is 9.16. The number of thiazole rings is 1. The molecule has 0 aliphatic carbocycles. The van der Waals surface area contributed by atoms with Crippen LogP contribution in [0.15, 0.2) is 0 Å². The zero-order valence-electron chi connectivity index (χ0n) is 13.7. The molecule has 124 valence electrons. The predicted octanol–water partition coefficient (Wildman–Crippen LogP) is 0.313. The summed E-state index contributed by atoms with van der Waals surface area (Å²) in [4.78, 5) is 4.36. The highest BCUT2D eigenvalue weighted by atomic mass is 32.1. The lowest BCUT2D eigenvalue weighted by Gasteiger charge is -2.38. The summed E-state index contributed by atoms with van der Waals surface area (Å²) in [5, 5.41) is 31.5. The molecule has 2 heterocycles. The van der Waals surface area contributed by atoms with Gasteiger partial charge in [-0.1, -0.05) is 0 Å². The molecular weight excluding hydrogens is 305 g/mol. The van der Waals surface area contributed by atoms with Crippen molar-refractivity contribution in [2.45, 2.75) is 57.8 Å². The third-order valence-corrected chi connectivity index (χ3v) is 5.72. The van der Waals surface area contributed by atoms with Crippen molar-refractivity contribution in [2.75, 3.05) is 13.2 Å². The number of aromatic nitrogens is 1. The smallest absolute Gasteiger partial charge is 0.422 e. The van der Waals surface area contributed by atoms with E-state index in [9.17, 15) is 15.2 Å². The number of ether oxygens (including phenoxy) is 1. The quantitative estimate of drug-likeness (QED) is 0.674. The Kier molecular flexibility index (Phi) is 4.74. The summed E-state index contributed by atoms with van der Waals surface area (Å²) in [6.07, 6.45) is 0.492. The van der Waals surface area contributed by atoms with Gasteiger partial charge in [-0.2, -0.15) is 0 Å². The van der Waals surface area contributed by atoms with Crippen molar-refractivity contribution in [2.24, 2.45) is 0 Å². The van der Waals surface area contributed by atoms with E-state index in [4.69, 9.17) is 9.39 Å². The van der Waals surface area contributed by atoms with Crippen LogP contribution < -0.4 is 4.78 Å². The van der Waals surface area contributed by atoms with Crippen LogP contribution in [0.4, 0.5) is 0 Å². The van der Waals surface area contributed by atoms with Gasteiger partial charge in [0.25, 0.3) is 0 Å². The highest BCUT2D eigenvalue weighted by Crippen LogP contribution is 2.32. The van der Waals surface area contributed by atoms with Crippen LogP contribution in [0.2, 0.25) is 0 Å². The molecule has 3 N–H and O–H groups in total. The minimum atomic E-state index is -1.21. The van der Waals surface area contributed by atoms with Gasteiger partial charge in [-0.05, 0) is 34.6 Å². The Hall–Kier alpha value is -0.505. The molecule has 1 atom stereocenters. The van der Waals surface area contributed by atoms with E-state index in [-0.39, 0.29) is 6.61 Å². The van der Waals surface area contributed by atoms with E-state index in [0.29, 0.717) is 28.5 Å². The molecule has 1 aliphatic heterocycles. The highest BCUT2D eigenvalue weighted by molar-refractivity contribution is 7.22. The monoisotopic (exact) mass is 329 g/mol. The molecule has 0 amide bonds. The van der Waals surface area contributed by atoms with E-state index < -0.39 is 23.9 Å². The average molecular weight is 329 g/mol. The van der Waals surface area contributed by atoms with Crippen molar-refractivity contribution in [1.29, 1.82) is 0 Å². The standard InChI is InChI=1S/C14H24BNO5S/c1-9-10(15(19)21-13(4,5)12(2,3)17)22-11(16-9)14(18)6-7-20-8-14/h17-19H,6-8H2,1-5H3. The van der Waals surface area contributed by atoms with Gasteiger partial charge in [0, 0.05) is 18.7 Å². The van der Waals surface area contributed by atoms with Gasteiger partial charge in [-0.25, -0.2) is 4.98 Å². The predicted molar refractivity (Wildman–Crippen MR) is 85.3 cm³/mol. The summed E-state index contributed by atoms with van der Waals surface area (Å²) in [5.41, 5.74) is -2.54. The van der Waals surface area contributed by atoms with Gasteiger partial charge in [-0.3, -0.25) is 0 Å². The zero-order valence-corrected chi connectivity index (χ0v) is 14.5. The number of hydrogen-bond donors (Lipinski definition) is 3. The molecule has 0 saturated carbocycles. The van der Waals surface area contributed by atoms with Gasteiger partial charge >= 0.3 is 7.12 Å². The van der Waals surface area contributed by atoms with Gasteiger partial charge in [-0.15, -0.1) is 11.3 Å². The molecule has 8 heteroatoms. The van der Waals surface area contributed by atoms with Crippen LogP contribution in [0.5, 0.6) is 0 Å². The van der Waals surface area contributed by atoms with Crippen molar-refractivity contribution >= 4 is 23.2 Å². The maximum absolute atomic E-state index is 10.5. The largest absolute Gasteiger partial charge is 0.504 e. The van der Waals surface area contributed by atoms with E-state index in [1.807, 2.05) is 0 Å². The van der Waals surface area contributed by atoms with E-state index >= 15 is 0 Å². The topological polar surface area (TPSA) is 92.0 Å². The summed E-state index contributed by atoms with van der Waals surface area (Å²) in [7, 11) is -1.21. The lowest BCUT2D eigenvalue weighted by molar-refractivity contribution is -0.0982. The molecule has 0 aromatic carbocycles. The van der Waals surface area contributed by atoms with Crippen LogP contribution in [0.25, 0.3) is 0 Å². The molecule has 0 bridgehead atoms. The van der Waals surface area contributed by atoms with E-state index in [1.54, 1.807) is 34.6 Å². The normalized spacial score (nSPS) is 23.1. The SMILES string of the molecule is Cc1nc(C2(O)CCOC2)sc1B(O)OC(C)(C)C(C)(C)O. The summed E-state index contributed by atoms with van der Waals surface area (Å²) in [5.74, 6) is 0. The molecule has 1 saturated heterocycles. The maximum Gasteiger partial charge on any atom is 0.504 e. The first-order chi connectivity index (χ1) is 9.96. The average Bonchev–Trinajstić information content (AvgIpc) is 2.94. The highest BCUT2D eigenvalue weighted by Gasteiger charge is 2.42. The van der Waals surface area contributed by atoms with Crippen molar-refractivity contribution in [3.05, 3.63) is 10.7 Å². The summed E-state index contributed by atoms with van der Waals surface area (Å²) in [6, 6.07) is 0. The molecule has 1 aliphatic rings. The van der Waals surface area contributed by atoms with Crippen molar-refractivity contribution in [1.82, 2.24) is 4.98 Å². The first-order valence-corrected chi connectivity index (χ1v) is 8.14. The van der Waals surface area contributed by atoms with Crippen molar-refractivity contribution in [3.63, 3.8) is 0 Å². The Balaban J connectivity index is 2.21. The zero-order chi connectivity index (χ0) is 16.8. The van der Waals surface area contributed by atoms with Crippen molar-refractivity contribution in [3.8, 4) is 0 Å². The molecule has 1 fully saturated rings. The third-order valence-electron chi connectivity index (χ3n) is 4.34. The fourth-order valence-electron chi connectivity index (χ4n) is 2.04. The summed E-state index contributed by atoms with van der Waals surface area (Å²) >= 11 is 1.22. The Labute approximate surface area is 135 Å². The van der Waals surface area contributed by atoms with Gasteiger partial charge in [0.15, 0.2) is 0 Å². The van der Waals surface area contributed by atoms with E-state index in [2.05, 4.69) is 4.98 Å². The second-order valence-corrected chi connectivity index (χ2v) is 7.87. The second kappa shape index (κ2) is 5.85. The Bertz CT molecular complexity index is 534. The third kappa shape index (κ3) is 3.37. The Morgan fingerprint density at radius 3 is 2.50 bits per heavy atom. The number of aliphatic hydroxyl groups is 2. The van der Waals surface area contributed by atoms with Crippen LogP contribution in [-0.4, -0.2) is 51.8 Å². The van der Waals surface area contributed by atoms with E-state index in [0.717, 1.165) is 0 Å². The Morgan fingerprint density at radius 1 is 1.36 bits per heavy atom.